The highest BCUT2D eigenvalue weighted by atomic mass is 16.5. The van der Waals surface area contributed by atoms with Crippen LogP contribution in [-0.2, 0) is 13.5 Å². The fraction of sp³-hybridized carbons (Fsp3) is 0.381. The molecule has 1 amide bonds. The first kappa shape index (κ1) is 18.3. The molecule has 0 spiro atoms. The number of hydrogen-bond donors (Lipinski definition) is 0. The predicted octanol–water partition coefficient (Wildman–Crippen LogP) is 3.03. The third-order valence-electron chi connectivity index (χ3n) is 5.18. The van der Waals surface area contributed by atoms with Gasteiger partial charge >= 0.3 is 0 Å². The molecule has 0 radical (unpaired) electrons. The molecule has 7 heteroatoms. The number of benzene rings is 1. The second kappa shape index (κ2) is 7.88. The van der Waals surface area contributed by atoms with E-state index >= 15 is 0 Å². The molecule has 1 fully saturated rings. The van der Waals surface area contributed by atoms with E-state index in [1.54, 1.807) is 37.3 Å². The predicted molar refractivity (Wildman–Crippen MR) is 103 cm³/mol. The molecule has 1 aliphatic rings. The Kier molecular flexibility index (Phi) is 5.14. The molecule has 1 atom stereocenters. The summed E-state index contributed by atoms with van der Waals surface area (Å²) in [7, 11) is 3.45. The zero-order valence-corrected chi connectivity index (χ0v) is 16.2. The summed E-state index contributed by atoms with van der Waals surface area (Å²) in [6, 6.07) is 9.68. The van der Waals surface area contributed by atoms with Crippen molar-refractivity contribution >= 4 is 5.91 Å². The van der Waals surface area contributed by atoms with Crippen LogP contribution in [0.4, 0.5) is 0 Å². The smallest absolute Gasteiger partial charge is 0.272 e. The number of aryl methyl sites for hydroxylation is 1. The zero-order valence-electron chi connectivity index (χ0n) is 16.2. The van der Waals surface area contributed by atoms with Gasteiger partial charge in [0.25, 0.3) is 5.91 Å². The number of carbonyl (C=O) groups is 1. The molecule has 7 nitrogen and oxygen atoms in total. The fourth-order valence-electron chi connectivity index (χ4n) is 3.69. The average molecular weight is 380 g/mol. The summed E-state index contributed by atoms with van der Waals surface area (Å²) in [5.74, 6) is 2.48. The van der Waals surface area contributed by atoms with Gasteiger partial charge in [0.15, 0.2) is 5.89 Å². The Hall–Kier alpha value is -3.09. The number of piperidine rings is 1. The number of oxazole rings is 1. The van der Waals surface area contributed by atoms with Crippen molar-refractivity contribution in [2.24, 2.45) is 7.05 Å². The van der Waals surface area contributed by atoms with Crippen LogP contribution in [0, 0.1) is 0 Å². The van der Waals surface area contributed by atoms with Crippen molar-refractivity contribution in [3.05, 3.63) is 65.6 Å². The third-order valence-corrected chi connectivity index (χ3v) is 5.18. The second-order valence-electron chi connectivity index (χ2n) is 7.12. The quantitative estimate of drug-likeness (QED) is 0.680. The molecule has 1 aromatic carbocycles. The van der Waals surface area contributed by atoms with Crippen molar-refractivity contribution in [2.75, 3.05) is 20.2 Å². The van der Waals surface area contributed by atoms with E-state index in [1.807, 2.05) is 29.2 Å². The summed E-state index contributed by atoms with van der Waals surface area (Å²) in [6.45, 7) is 1.36. The molecular weight excluding hydrogens is 356 g/mol. The van der Waals surface area contributed by atoms with Crippen LogP contribution in [0.2, 0.25) is 0 Å². The van der Waals surface area contributed by atoms with Gasteiger partial charge in [-0.1, -0.05) is 12.1 Å². The molecule has 1 aliphatic heterocycles. The third kappa shape index (κ3) is 3.78. The molecule has 146 valence electrons. The summed E-state index contributed by atoms with van der Waals surface area (Å²) in [6.07, 6.45) is 6.00. The Bertz CT molecular complexity index is 962. The van der Waals surface area contributed by atoms with Gasteiger partial charge in [-0.25, -0.2) is 4.98 Å². The summed E-state index contributed by atoms with van der Waals surface area (Å²) in [4.78, 5) is 19.1. The molecule has 1 saturated heterocycles. The van der Waals surface area contributed by atoms with E-state index in [0.29, 0.717) is 24.6 Å². The van der Waals surface area contributed by atoms with E-state index in [1.165, 1.54) is 0 Å². The highest BCUT2D eigenvalue weighted by Gasteiger charge is 2.29. The van der Waals surface area contributed by atoms with E-state index in [4.69, 9.17) is 9.15 Å². The summed E-state index contributed by atoms with van der Waals surface area (Å²) < 4.78 is 12.9. The lowest BCUT2D eigenvalue weighted by Gasteiger charge is -2.31. The molecule has 2 aromatic heterocycles. The summed E-state index contributed by atoms with van der Waals surface area (Å²) >= 11 is 0. The Morgan fingerprint density at radius 2 is 2.25 bits per heavy atom. The Morgan fingerprint density at radius 1 is 1.36 bits per heavy atom. The molecule has 0 bridgehead atoms. The standard InChI is InChI=1S/C21H24N4O3/c1-24-19(8-9-23-24)21(26)25-10-4-6-16(14-25)20-22-13-18(28-20)12-15-5-3-7-17(11-15)27-2/h3,5,7-9,11,13,16H,4,6,10,12,14H2,1-2H3. The molecule has 0 N–H and O–H groups in total. The summed E-state index contributed by atoms with van der Waals surface area (Å²) in [5, 5.41) is 4.09. The van der Waals surface area contributed by atoms with E-state index in [2.05, 4.69) is 10.1 Å². The monoisotopic (exact) mass is 380 g/mol. The first-order valence-electron chi connectivity index (χ1n) is 9.49. The first-order chi connectivity index (χ1) is 13.6. The molecule has 0 aliphatic carbocycles. The normalized spacial score (nSPS) is 16.9. The number of hydrogen-bond acceptors (Lipinski definition) is 5. The van der Waals surface area contributed by atoms with Gasteiger partial charge in [0, 0.05) is 32.8 Å². The van der Waals surface area contributed by atoms with Crippen molar-refractivity contribution in [1.82, 2.24) is 19.7 Å². The van der Waals surface area contributed by atoms with Crippen LogP contribution in [-0.4, -0.2) is 45.8 Å². The molecule has 3 heterocycles. The largest absolute Gasteiger partial charge is 0.497 e. The molecular formula is C21H24N4O3. The van der Waals surface area contributed by atoms with Gasteiger partial charge in [0.2, 0.25) is 0 Å². The lowest BCUT2D eigenvalue weighted by atomic mass is 9.97. The highest BCUT2D eigenvalue weighted by Crippen LogP contribution is 2.28. The van der Waals surface area contributed by atoms with Gasteiger partial charge in [-0.15, -0.1) is 0 Å². The topological polar surface area (TPSA) is 73.4 Å². The molecule has 4 rings (SSSR count). The zero-order chi connectivity index (χ0) is 19.5. The van der Waals surface area contributed by atoms with E-state index in [0.717, 1.165) is 36.5 Å². The minimum absolute atomic E-state index is 0.00728. The maximum Gasteiger partial charge on any atom is 0.272 e. The van der Waals surface area contributed by atoms with Crippen molar-refractivity contribution in [3.8, 4) is 5.75 Å². The minimum Gasteiger partial charge on any atom is -0.497 e. The number of methoxy groups -OCH3 is 1. The number of amides is 1. The Balaban J connectivity index is 1.44. The van der Waals surface area contributed by atoms with Crippen LogP contribution in [0.1, 0.15) is 46.5 Å². The number of aromatic nitrogens is 3. The van der Waals surface area contributed by atoms with E-state index < -0.39 is 0 Å². The second-order valence-corrected chi connectivity index (χ2v) is 7.12. The van der Waals surface area contributed by atoms with Gasteiger partial charge in [-0.3, -0.25) is 9.48 Å². The molecule has 1 unspecified atom stereocenters. The average Bonchev–Trinajstić information content (AvgIpc) is 3.37. The van der Waals surface area contributed by atoms with Crippen LogP contribution in [0.3, 0.4) is 0 Å². The van der Waals surface area contributed by atoms with Crippen molar-refractivity contribution in [2.45, 2.75) is 25.2 Å². The van der Waals surface area contributed by atoms with Crippen LogP contribution >= 0.6 is 0 Å². The van der Waals surface area contributed by atoms with Crippen LogP contribution in [0.5, 0.6) is 5.75 Å². The van der Waals surface area contributed by atoms with Crippen LogP contribution < -0.4 is 4.74 Å². The van der Waals surface area contributed by atoms with Crippen molar-refractivity contribution in [3.63, 3.8) is 0 Å². The van der Waals surface area contributed by atoms with Crippen LogP contribution in [0.15, 0.2) is 47.1 Å². The van der Waals surface area contributed by atoms with E-state index in [-0.39, 0.29) is 11.8 Å². The Labute approximate surface area is 163 Å². The maximum absolute atomic E-state index is 12.8. The van der Waals surface area contributed by atoms with Gasteiger partial charge in [0.05, 0.1) is 19.2 Å². The number of carbonyl (C=O) groups excluding carboxylic acids is 1. The number of nitrogens with zero attached hydrogens (tertiary/aromatic N) is 4. The van der Waals surface area contributed by atoms with E-state index in [9.17, 15) is 4.79 Å². The van der Waals surface area contributed by atoms with Crippen molar-refractivity contribution in [1.29, 1.82) is 0 Å². The number of ether oxygens (including phenoxy) is 1. The number of rotatable bonds is 5. The van der Waals surface area contributed by atoms with Gasteiger partial charge in [-0.05, 0) is 36.6 Å². The Morgan fingerprint density at radius 3 is 3.04 bits per heavy atom. The lowest BCUT2D eigenvalue weighted by molar-refractivity contribution is 0.0686. The first-order valence-corrected chi connectivity index (χ1v) is 9.49. The van der Waals surface area contributed by atoms with Gasteiger partial charge in [0.1, 0.15) is 17.2 Å². The van der Waals surface area contributed by atoms with Gasteiger partial charge in [-0.2, -0.15) is 5.10 Å². The van der Waals surface area contributed by atoms with Crippen LogP contribution in [0.25, 0.3) is 0 Å². The molecule has 28 heavy (non-hydrogen) atoms. The molecule has 3 aromatic rings. The summed E-state index contributed by atoms with van der Waals surface area (Å²) in [5.41, 5.74) is 1.71. The minimum atomic E-state index is 0.00728. The maximum atomic E-state index is 12.8. The lowest BCUT2D eigenvalue weighted by Crippen LogP contribution is -2.40. The molecule has 0 saturated carbocycles. The highest BCUT2D eigenvalue weighted by molar-refractivity contribution is 5.92. The SMILES string of the molecule is COc1cccc(Cc2cnc(C3CCCN(C(=O)c4ccnn4C)C3)o2)c1. The number of likely N-dealkylation sites (tertiary alicyclic amines) is 1. The fourth-order valence-corrected chi connectivity index (χ4v) is 3.69. The van der Waals surface area contributed by atoms with Gasteiger partial charge < -0.3 is 14.1 Å². The van der Waals surface area contributed by atoms with Crippen molar-refractivity contribution < 1.29 is 13.9 Å².